The van der Waals surface area contributed by atoms with Gasteiger partial charge in [0.25, 0.3) is 0 Å². The molecule has 1 aliphatic rings. The second-order valence-corrected chi connectivity index (χ2v) is 10.8. The van der Waals surface area contributed by atoms with E-state index in [4.69, 9.17) is 16.6 Å². The van der Waals surface area contributed by atoms with Crippen molar-refractivity contribution in [2.75, 3.05) is 31.1 Å². The number of hydrogen-bond acceptors (Lipinski definition) is 5. The van der Waals surface area contributed by atoms with Gasteiger partial charge in [0.2, 0.25) is 10.0 Å². The van der Waals surface area contributed by atoms with Crippen molar-refractivity contribution in [1.29, 1.82) is 0 Å². The first-order valence-corrected chi connectivity index (χ1v) is 12.6. The number of anilines is 1. The van der Waals surface area contributed by atoms with Gasteiger partial charge >= 0.3 is 0 Å². The standard InChI is InChI=1S/C22H23ClFN3O2S2/c1-15-4-3-5-17(16(15)2)12-18-14-30-22(25-18)26-8-10-27(11-9-26)31(28,29)19-6-7-21(24)20(23)13-19/h3-7,13-14H,8-12H2,1-2H3. The van der Waals surface area contributed by atoms with Gasteiger partial charge in [-0.15, -0.1) is 11.3 Å². The molecule has 0 bridgehead atoms. The summed E-state index contributed by atoms with van der Waals surface area (Å²) in [4.78, 5) is 6.91. The van der Waals surface area contributed by atoms with Crippen LogP contribution in [0, 0.1) is 19.7 Å². The monoisotopic (exact) mass is 479 g/mol. The largest absolute Gasteiger partial charge is 0.345 e. The molecule has 0 saturated carbocycles. The molecule has 0 aliphatic carbocycles. The number of thiazole rings is 1. The molecule has 3 aromatic rings. The summed E-state index contributed by atoms with van der Waals surface area (Å²) in [7, 11) is -3.71. The number of hydrogen-bond donors (Lipinski definition) is 0. The lowest BCUT2D eigenvalue weighted by molar-refractivity contribution is 0.384. The summed E-state index contributed by atoms with van der Waals surface area (Å²) < 4.78 is 40.6. The van der Waals surface area contributed by atoms with Crippen LogP contribution in [0.1, 0.15) is 22.4 Å². The molecule has 1 aliphatic heterocycles. The fraction of sp³-hybridized carbons (Fsp3) is 0.318. The Morgan fingerprint density at radius 3 is 2.58 bits per heavy atom. The molecule has 1 saturated heterocycles. The van der Waals surface area contributed by atoms with E-state index >= 15 is 0 Å². The van der Waals surface area contributed by atoms with E-state index in [1.54, 1.807) is 11.3 Å². The fourth-order valence-electron chi connectivity index (χ4n) is 3.63. The SMILES string of the molecule is Cc1cccc(Cc2csc(N3CCN(S(=O)(=O)c4ccc(F)c(Cl)c4)CC3)n2)c1C. The maximum absolute atomic E-state index is 13.4. The van der Waals surface area contributed by atoms with Gasteiger partial charge in [-0.05, 0) is 48.7 Å². The third kappa shape index (κ3) is 4.62. The molecule has 0 unspecified atom stereocenters. The number of nitrogens with zero attached hydrogens (tertiary/aromatic N) is 3. The fourth-order valence-corrected chi connectivity index (χ4v) is 6.20. The molecule has 0 radical (unpaired) electrons. The summed E-state index contributed by atoms with van der Waals surface area (Å²) >= 11 is 7.35. The van der Waals surface area contributed by atoms with E-state index in [2.05, 4.69) is 42.3 Å². The highest BCUT2D eigenvalue weighted by Gasteiger charge is 2.30. The molecule has 2 aromatic carbocycles. The van der Waals surface area contributed by atoms with Crippen molar-refractivity contribution in [2.45, 2.75) is 25.2 Å². The Balaban J connectivity index is 1.42. The molecule has 5 nitrogen and oxygen atoms in total. The summed E-state index contributed by atoms with van der Waals surface area (Å²) in [5, 5.41) is 2.78. The molecule has 1 aromatic heterocycles. The van der Waals surface area contributed by atoms with Crippen LogP contribution in [0.25, 0.3) is 0 Å². The zero-order valence-electron chi connectivity index (χ0n) is 17.3. The van der Waals surface area contributed by atoms with Crippen LogP contribution in [0.4, 0.5) is 9.52 Å². The second kappa shape index (κ2) is 8.86. The zero-order chi connectivity index (χ0) is 22.2. The first kappa shape index (κ1) is 22.2. The van der Waals surface area contributed by atoms with Gasteiger partial charge in [0.15, 0.2) is 5.13 Å². The number of benzene rings is 2. The Morgan fingerprint density at radius 1 is 1.13 bits per heavy atom. The lowest BCUT2D eigenvalue weighted by Gasteiger charge is -2.33. The predicted molar refractivity (Wildman–Crippen MR) is 123 cm³/mol. The molecule has 2 heterocycles. The number of sulfonamides is 1. The minimum absolute atomic E-state index is 0.0115. The quantitative estimate of drug-likeness (QED) is 0.534. The van der Waals surface area contributed by atoms with Gasteiger partial charge in [0.05, 0.1) is 15.6 Å². The summed E-state index contributed by atoms with van der Waals surface area (Å²) in [5.74, 6) is -0.633. The molecule has 9 heteroatoms. The lowest BCUT2D eigenvalue weighted by Crippen LogP contribution is -2.48. The van der Waals surface area contributed by atoms with Gasteiger partial charge in [0, 0.05) is 38.0 Å². The number of rotatable bonds is 5. The van der Waals surface area contributed by atoms with E-state index in [0.717, 1.165) is 23.3 Å². The second-order valence-electron chi connectivity index (χ2n) is 7.62. The molecule has 31 heavy (non-hydrogen) atoms. The van der Waals surface area contributed by atoms with E-state index in [1.165, 1.54) is 33.1 Å². The topological polar surface area (TPSA) is 53.5 Å². The highest BCUT2D eigenvalue weighted by molar-refractivity contribution is 7.89. The van der Waals surface area contributed by atoms with Crippen LogP contribution >= 0.6 is 22.9 Å². The van der Waals surface area contributed by atoms with Crippen molar-refractivity contribution in [3.8, 4) is 0 Å². The van der Waals surface area contributed by atoms with Crippen molar-refractivity contribution < 1.29 is 12.8 Å². The third-order valence-electron chi connectivity index (χ3n) is 5.67. The Morgan fingerprint density at radius 2 is 1.87 bits per heavy atom. The average Bonchev–Trinajstić information content (AvgIpc) is 3.22. The highest BCUT2D eigenvalue weighted by atomic mass is 35.5. The first-order chi connectivity index (χ1) is 14.8. The Bertz CT molecular complexity index is 1210. The van der Waals surface area contributed by atoms with Crippen LogP contribution < -0.4 is 4.90 Å². The molecule has 164 valence electrons. The molecular weight excluding hydrogens is 457 g/mol. The van der Waals surface area contributed by atoms with Gasteiger partial charge in [-0.2, -0.15) is 4.31 Å². The molecule has 1 fully saturated rings. The molecule has 0 N–H and O–H groups in total. The van der Waals surface area contributed by atoms with E-state index in [1.807, 2.05) is 0 Å². The van der Waals surface area contributed by atoms with Crippen molar-refractivity contribution in [1.82, 2.24) is 9.29 Å². The van der Waals surface area contributed by atoms with Crippen LogP contribution in [0.3, 0.4) is 0 Å². The molecule has 0 spiro atoms. The molecular formula is C22H23ClFN3O2S2. The average molecular weight is 480 g/mol. The molecule has 4 rings (SSSR count). The maximum atomic E-state index is 13.4. The van der Waals surface area contributed by atoms with Gasteiger partial charge in [-0.25, -0.2) is 17.8 Å². The van der Waals surface area contributed by atoms with E-state index in [0.29, 0.717) is 26.2 Å². The summed E-state index contributed by atoms with van der Waals surface area (Å²) in [5.41, 5.74) is 4.85. The number of aromatic nitrogens is 1. The van der Waals surface area contributed by atoms with Gasteiger partial charge < -0.3 is 4.90 Å². The molecule has 0 atom stereocenters. The lowest BCUT2D eigenvalue weighted by atomic mass is 10.0. The van der Waals surface area contributed by atoms with E-state index < -0.39 is 15.8 Å². The summed E-state index contributed by atoms with van der Waals surface area (Å²) in [6.07, 6.45) is 0.781. The third-order valence-corrected chi connectivity index (χ3v) is 8.80. The van der Waals surface area contributed by atoms with Crippen molar-refractivity contribution in [3.63, 3.8) is 0 Å². The van der Waals surface area contributed by atoms with Crippen molar-refractivity contribution >= 4 is 38.1 Å². The van der Waals surface area contributed by atoms with E-state index in [-0.39, 0.29) is 9.92 Å². The van der Waals surface area contributed by atoms with Crippen LogP contribution in [-0.2, 0) is 16.4 Å². The smallest absolute Gasteiger partial charge is 0.243 e. The van der Waals surface area contributed by atoms with Crippen LogP contribution in [-0.4, -0.2) is 43.9 Å². The van der Waals surface area contributed by atoms with Crippen molar-refractivity contribution in [3.05, 3.63) is 75.0 Å². The first-order valence-electron chi connectivity index (χ1n) is 9.95. The summed E-state index contributed by atoms with van der Waals surface area (Å²) in [6, 6.07) is 9.81. The van der Waals surface area contributed by atoms with Gasteiger partial charge in [-0.3, -0.25) is 0 Å². The van der Waals surface area contributed by atoms with Crippen LogP contribution in [0.2, 0.25) is 5.02 Å². The van der Waals surface area contributed by atoms with E-state index in [9.17, 15) is 12.8 Å². The zero-order valence-corrected chi connectivity index (χ0v) is 19.7. The Kier molecular flexibility index (Phi) is 6.35. The Hall–Kier alpha value is -2.00. The number of aryl methyl sites for hydroxylation is 1. The minimum atomic E-state index is -3.71. The maximum Gasteiger partial charge on any atom is 0.243 e. The van der Waals surface area contributed by atoms with Crippen LogP contribution in [0.5, 0.6) is 0 Å². The normalized spacial score (nSPS) is 15.4. The number of piperazine rings is 1. The summed E-state index contributed by atoms with van der Waals surface area (Å²) in [6.45, 7) is 6.01. The van der Waals surface area contributed by atoms with Crippen molar-refractivity contribution in [2.24, 2.45) is 0 Å². The Labute approximate surface area is 191 Å². The number of halogens is 2. The predicted octanol–water partition coefficient (Wildman–Crippen LogP) is 4.65. The molecule has 0 amide bonds. The van der Waals surface area contributed by atoms with Gasteiger partial charge in [0.1, 0.15) is 5.82 Å². The minimum Gasteiger partial charge on any atom is -0.345 e. The van der Waals surface area contributed by atoms with Gasteiger partial charge in [-0.1, -0.05) is 29.8 Å². The van der Waals surface area contributed by atoms with Crippen LogP contribution in [0.15, 0.2) is 46.7 Å². The highest BCUT2D eigenvalue weighted by Crippen LogP contribution is 2.27.